The van der Waals surface area contributed by atoms with E-state index in [-0.39, 0.29) is 17.7 Å². The van der Waals surface area contributed by atoms with Gasteiger partial charge in [0.1, 0.15) is 28.8 Å². The zero-order valence-electron chi connectivity index (χ0n) is 12.6. The Morgan fingerprint density at radius 1 is 1.42 bits per heavy atom. The minimum Gasteiger partial charge on any atom is -0.364 e. The normalized spacial score (nSPS) is 11.2. The van der Waals surface area contributed by atoms with Gasteiger partial charge in [0, 0.05) is 25.5 Å². The molecule has 0 aliphatic heterocycles. The lowest BCUT2D eigenvalue weighted by Crippen LogP contribution is -2.32. The highest BCUT2D eigenvalue weighted by Gasteiger charge is 2.11. The van der Waals surface area contributed by atoms with E-state index in [1.807, 2.05) is 42.2 Å². The van der Waals surface area contributed by atoms with Gasteiger partial charge in [0.2, 0.25) is 0 Å². The summed E-state index contributed by atoms with van der Waals surface area (Å²) in [4.78, 5) is 12.7. The molecule has 0 aliphatic carbocycles. The molecule has 0 unspecified atom stereocenters. The van der Waals surface area contributed by atoms with Crippen LogP contribution < -0.4 is 14.8 Å². The third-order valence-electron chi connectivity index (χ3n) is 3.31. The molecule has 118 valence electrons. The van der Waals surface area contributed by atoms with Crippen molar-refractivity contribution in [2.24, 2.45) is 7.05 Å². The lowest BCUT2D eigenvalue weighted by molar-refractivity contribution is 0.409. The molecular weight excluding hydrogens is 326 g/mol. The van der Waals surface area contributed by atoms with Crippen LogP contribution in [-0.4, -0.2) is 14.3 Å². The van der Waals surface area contributed by atoms with Crippen molar-refractivity contribution in [3.8, 4) is 12.1 Å². The molecule has 0 atom stereocenters. The van der Waals surface area contributed by atoms with Crippen LogP contribution in [0.1, 0.15) is 11.3 Å². The van der Waals surface area contributed by atoms with Crippen LogP contribution >= 0.6 is 11.3 Å². The zero-order chi connectivity index (χ0) is 17.1. The second-order valence-corrected chi connectivity index (χ2v) is 6.04. The van der Waals surface area contributed by atoms with Gasteiger partial charge >= 0.3 is 0 Å². The number of aromatic nitrogens is 3. The number of aryl methyl sites for hydroxylation is 1. The van der Waals surface area contributed by atoms with Crippen LogP contribution in [-0.2, 0) is 13.6 Å². The number of nitrogens with zero attached hydrogens (tertiary/aromatic N) is 5. The van der Waals surface area contributed by atoms with Crippen LogP contribution in [0.3, 0.4) is 0 Å². The van der Waals surface area contributed by atoms with Crippen molar-refractivity contribution in [3.05, 3.63) is 61.6 Å². The topological polar surface area (TPSA) is 101 Å². The summed E-state index contributed by atoms with van der Waals surface area (Å²) in [7, 11) is 1.89. The first-order chi connectivity index (χ1) is 11.6. The fraction of sp³-hybridized carbons (Fsp3) is 0.125. The Morgan fingerprint density at radius 2 is 2.21 bits per heavy atom. The summed E-state index contributed by atoms with van der Waals surface area (Å²) >= 11 is 1.11. The average Bonchev–Trinajstić information content (AvgIpc) is 3.28. The molecule has 0 aliphatic rings. The van der Waals surface area contributed by atoms with E-state index in [0.717, 1.165) is 16.9 Å². The monoisotopic (exact) mass is 337 g/mol. The molecule has 3 heterocycles. The largest absolute Gasteiger partial charge is 0.364 e. The fourth-order valence-corrected chi connectivity index (χ4v) is 3.26. The second kappa shape index (κ2) is 6.41. The smallest absolute Gasteiger partial charge is 0.269 e. The molecular formula is C16H11N5O2S. The summed E-state index contributed by atoms with van der Waals surface area (Å²) < 4.78 is 8.78. The first-order valence-corrected chi connectivity index (χ1v) is 7.71. The van der Waals surface area contributed by atoms with Gasteiger partial charge in [-0.3, -0.25) is 9.36 Å². The predicted octanol–water partition coefficient (Wildman–Crippen LogP) is 0.311. The summed E-state index contributed by atoms with van der Waals surface area (Å²) in [5, 5.41) is 22.1. The molecule has 3 rings (SSSR count). The lowest BCUT2D eigenvalue weighted by Gasteiger charge is -1.97. The summed E-state index contributed by atoms with van der Waals surface area (Å²) in [6.07, 6.45) is 6.89. The molecule has 0 amide bonds. The molecule has 0 saturated carbocycles. The van der Waals surface area contributed by atoms with Gasteiger partial charge < -0.3 is 9.09 Å². The van der Waals surface area contributed by atoms with Gasteiger partial charge in [-0.1, -0.05) is 5.16 Å². The van der Waals surface area contributed by atoms with E-state index in [9.17, 15) is 4.79 Å². The van der Waals surface area contributed by atoms with Crippen LogP contribution in [0.4, 0.5) is 0 Å². The van der Waals surface area contributed by atoms with E-state index in [4.69, 9.17) is 15.0 Å². The molecule has 0 bridgehead atoms. The molecule has 0 spiro atoms. The Balaban J connectivity index is 2.26. The van der Waals surface area contributed by atoms with Crippen LogP contribution in [0.25, 0.3) is 11.6 Å². The number of hydrogen-bond acceptors (Lipinski definition) is 6. The summed E-state index contributed by atoms with van der Waals surface area (Å²) in [6.45, 7) is 0.136. The van der Waals surface area contributed by atoms with E-state index < -0.39 is 0 Å². The van der Waals surface area contributed by atoms with Crippen molar-refractivity contribution in [2.45, 2.75) is 6.54 Å². The Kier molecular flexibility index (Phi) is 4.15. The summed E-state index contributed by atoms with van der Waals surface area (Å²) in [6, 6.07) is 7.19. The maximum atomic E-state index is 12.7. The van der Waals surface area contributed by atoms with E-state index in [1.165, 1.54) is 10.8 Å². The Bertz CT molecular complexity index is 1120. The van der Waals surface area contributed by atoms with Crippen LogP contribution in [0.2, 0.25) is 0 Å². The Hall–Kier alpha value is -3.36. The van der Waals surface area contributed by atoms with E-state index in [2.05, 4.69) is 5.16 Å². The number of thiazole rings is 1. The number of hydrogen-bond donors (Lipinski definition) is 0. The van der Waals surface area contributed by atoms with Crippen molar-refractivity contribution in [3.63, 3.8) is 0 Å². The highest BCUT2D eigenvalue weighted by molar-refractivity contribution is 7.07. The van der Waals surface area contributed by atoms with Crippen LogP contribution in [0.5, 0.6) is 0 Å². The predicted molar refractivity (Wildman–Crippen MR) is 87.0 cm³/mol. The second-order valence-electron chi connectivity index (χ2n) is 5.01. The third-order valence-corrected chi connectivity index (χ3v) is 4.44. The van der Waals surface area contributed by atoms with Gasteiger partial charge in [-0.25, -0.2) is 0 Å². The van der Waals surface area contributed by atoms with Gasteiger partial charge in [-0.15, -0.1) is 11.3 Å². The highest BCUT2D eigenvalue weighted by Crippen LogP contribution is 2.01. The fourth-order valence-electron chi connectivity index (χ4n) is 2.21. The van der Waals surface area contributed by atoms with Gasteiger partial charge in [-0.2, -0.15) is 10.5 Å². The number of rotatable bonds is 3. The van der Waals surface area contributed by atoms with Crippen molar-refractivity contribution < 1.29 is 4.52 Å². The highest BCUT2D eigenvalue weighted by atomic mass is 32.1. The lowest BCUT2D eigenvalue weighted by atomic mass is 10.3. The van der Waals surface area contributed by atoms with E-state index >= 15 is 0 Å². The molecule has 3 aromatic rings. The van der Waals surface area contributed by atoms with E-state index in [0.29, 0.717) is 14.9 Å². The van der Waals surface area contributed by atoms with Crippen molar-refractivity contribution in [1.29, 1.82) is 10.5 Å². The molecule has 0 saturated heterocycles. The van der Waals surface area contributed by atoms with Gasteiger partial charge in [0.05, 0.1) is 11.1 Å². The standard InChI is InChI=1S/C16H11N5O2S/c1-20-4-2-11(9-20)6-14-15(22)21(10-13-3-5-23-19-13)16(24-14)12(7-17)8-18/h2-6,9H,10H2,1H3. The van der Waals surface area contributed by atoms with Crippen molar-refractivity contribution in [1.82, 2.24) is 14.3 Å². The van der Waals surface area contributed by atoms with E-state index in [1.54, 1.807) is 12.1 Å². The first kappa shape index (κ1) is 15.5. The molecule has 8 heteroatoms. The molecule has 0 aromatic carbocycles. The SMILES string of the molecule is Cn1ccc(C=c2sc(=C(C#N)C#N)n(Cc3ccon3)c2=O)c1. The van der Waals surface area contributed by atoms with Gasteiger partial charge in [-0.05, 0) is 17.7 Å². The third kappa shape index (κ3) is 2.91. The quantitative estimate of drug-likeness (QED) is 0.685. The van der Waals surface area contributed by atoms with Gasteiger partial charge in [0.15, 0.2) is 5.57 Å². The van der Waals surface area contributed by atoms with Gasteiger partial charge in [0.25, 0.3) is 5.56 Å². The molecule has 0 N–H and O–H groups in total. The Morgan fingerprint density at radius 3 is 2.79 bits per heavy atom. The minimum absolute atomic E-state index is 0.103. The molecule has 24 heavy (non-hydrogen) atoms. The van der Waals surface area contributed by atoms with Crippen LogP contribution in [0, 0.1) is 22.7 Å². The number of nitriles is 2. The average molecular weight is 337 g/mol. The van der Waals surface area contributed by atoms with Crippen molar-refractivity contribution in [2.75, 3.05) is 0 Å². The maximum Gasteiger partial charge on any atom is 0.269 e. The molecule has 7 nitrogen and oxygen atoms in total. The first-order valence-electron chi connectivity index (χ1n) is 6.89. The van der Waals surface area contributed by atoms with Crippen molar-refractivity contribution >= 4 is 23.0 Å². The molecule has 3 aromatic heterocycles. The maximum absolute atomic E-state index is 12.7. The summed E-state index contributed by atoms with van der Waals surface area (Å²) in [5.41, 5.74) is 1.03. The molecule has 0 radical (unpaired) electrons. The summed E-state index contributed by atoms with van der Waals surface area (Å²) in [5.74, 6) is 0. The Labute approximate surface area is 140 Å². The van der Waals surface area contributed by atoms with Crippen LogP contribution in [0.15, 0.2) is 40.1 Å². The zero-order valence-corrected chi connectivity index (χ0v) is 13.4. The minimum atomic E-state index is -0.273. The molecule has 0 fully saturated rings.